The van der Waals surface area contributed by atoms with Crippen molar-refractivity contribution in [1.82, 2.24) is 10.2 Å². The van der Waals surface area contributed by atoms with E-state index in [0.717, 1.165) is 21.0 Å². The second-order valence-electron chi connectivity index (χ2n) is 10.6. The number of hydrogen-bond donors (Lipinski definition) is 1. The van der Waals surface area contributed by atoms with Crippen molar-refractivity contribution >= 4 is 50.7 Å². The van der Waals surface area contributed by atoms with Crippen LogP contribution in [-0.4, -0.2) is 44.3 Å². The Morgan fingerprint density at radius 1 is 0.927 bits per heavy atom. The summed E-state index contributed by atoms with van der Waals surface area (Å²) >= 11 is 12.5. The fourth-order valence-corrected chi connectivity index (χ4v) is 6.16. The van der Waals surface area contributed by atoms with Crippen LogP contribution >= 0.6 is 23.2 Å². The van der Waals surface area contributed by atoms with E-state index in [1.165, 1.54) is 17.0 Å². The van der Waals surface area contributed by atoms with E-state index in [-0.39, 0.29) is 23.3 Å². The number of sulfonamides is 1. The molecule has 0 spiro atoms. The van der Waals surface area contributed by atoms with Crippen molar-refractivity contribution in [3.8, 4) is 0 Å². The fraction of sp³-hybridized carbons (Fsp3) is 0.355. The zero-order valence-electron chi connectivity index (χ0n) is 24.2. The van der Waals surface area contributed by atoms with Crippen molar-refractivity contribution in [2.75, 3.05) is 17.4 Å². The molecule has 2 amide bonds. The smallest absolute Gasteiger partial charge is 0.264 e. The van der Waals surface area contributed by atoms with Crippen LogP contribution in [0.3, 0.4) is 0 Å². The van der Waals surface area contributed by atoms with E-state index in [1.54, 1.807) is 49.4 Å². The third kappa shape index (κ3) is 8.03. The van der Waals surface area contributed by atoms with Crippen LogP contribution in [0.25, 0.3) is 0 Å². The Kier molecular flexibility index (Phi) is 10.9. The van der Waals surface area contributed by atoms with E-state index in [2.05, 4.69) is 5.32 Å². The Morgan fingerprint density at radius 3 is 2.20 bits per heavy atom. The summed E-state index contributed by atoms with van der Waals surface area (Å²) < 4.78 is 29.2. The molecule has 3 aromatic rings. The van der Waals surface area contributed by atoms with Gasteiger partial charge in [-0.25, -0.2) is 8.42 Å². The third-order valence-electron chi connectivity index (χ3n) is 6.94. The van der Waals surface area contributed by atoms with Gasteiger partial charge in [0, 0.05) is 23.1 Å². The minimum Gasteiger partial charge on any atom is -0.354 e. The monoisotopic (exact) mass is 617 g/mol. The second kappa shape index (κ2) is 13.7. The molecule has 0 saturated carbocycles. The molecule has 0 fully saturated rings. The standard InChI is InChI=1S/C31H37Cl2N3O4S/c1-20(2)17-34-31(38)24(6)35(18-25-12-13-26(32)16-28(25)33)30(37)19-36(29-9-7-8-22(4)23(29)5)41(39,40)27-14-10-21(3)11-15-27/h7-16,20,24H,17-19H2,1-6H3,(H,34,38). The first-order valence-corrected chi connectivity index (χ1v) is 15.6. The van der Waals surface area contributed by atoms with Gasteiger partial charge in [-0.15, -0.1) is 0 Å². The highest BCUT2D eigenvalue weighted by atomic mass is 35.5. The number of aryl methyl sites for hydroxylation is 2. The number of nitrogens with zero attached hydrogens (tertiary/aromatic N) is 2. The van der Waals surface area contributed by atoms with Crippen molar-refractivity contribution < 1.29 is 18.0 Å². The van der Waals surface area contributed by atoms with Gasteiger partial charge in [0.25, 0.3) is 10.0 Å². The minimum absolute atomic E-state index is 0.0175. The maximum Gasteiger partial charge on any atom is 0.264 e. The third-order valence-corrected chi connectivity index (χ3v) is 9.30. The van der Waals surface area contributed by atoms with Gasteiger partial charge in [0.1, 0.15) is 12.6 Å². The zero-order chi connectivity index (χ0) is 30.5. The highest BCUT2D eigenvalue weighted by Gasteiger charge is 2.33. The number of benzene rings is 3. The highest BCUT2D eigenvalue weighted by Crippen LogP contribution is 2.30. The van der Waals surface area contributed by atoms with E-state index in [0.29, 0.717) is 27.8 Å². The summed E-state index contributed by atoms with van der Waals surface area (Å²) in [4.78, 5) is 28.6. The van der Waals surface area contributed by atoms with Gasteiger partial charge in [-0.3, -0.25) is 13.9 Å². The lowest BCUT2D eigenvalue weighted by atomic mass is 10.1. The Morgan fingerprint density at radius 2 is 1.59 bits per heavy atom. The van der Waals surface area contributed by atoms with Crippen molar-refractivity contribution in [3.63, 3.8) is 0 Å². The molecule has 0 aliphatic carbocycles. The Hall–Kier alpha value is -3.07. The Labute approximate surface area is 253 Å². The van der Waals surface area contributed by atoms with E-state index >= 15 is 0 Å². The fourth-order valence-electron chi connectivity index (χ4n) is 4.23. The SMILES string of the molecule is Cc1ccc(S(=O)(=O)N(CC(=O)N(Cc2ccc(Cl)cc2Cl)C(C)C(=O)NCC(C)C)c2cccc(C)c2C)cc1. The van der Waals surface area contributed by atoms with Gasteiger partial charge in [0.2, 0.25) is 11.8 Å². The maximum atomic E-state index is 14.1. The summed E-state index contributed by atoms with van der Waals surface area (Å²) in [6.45, 7) is 11.0. The molecule has 0 aliphatic rings. The molecule has 0 heterocycles. The Balaban J connectivity index is 2.08. The predicted octanol–water partition coefficient (Wildman–Crippen LogP) is 6.30. The zero-order valence-corrected chi connectivity index (χ0v) is 26.6. The largest absolute Gasteiger partial charge is 0.354 e. The van der Waals surface area contributed by atoms with Crippen LogP contribution in [0.15, 0.2) is 65.6 Å². The first-order valence-electron chi connectivity index (χ1n) is 13.4. The van der Waals surface area contributed by atoms with Crippen LogP contribution in [0.5, 0.6) is 0 Å². The molecule has 0 saturated heterocycles. The molecule has 1 unspecified atom stereocenters. The first kappa shape index (κ1) is 32.4. The molecule has 0 radical (unpaired) electrons. The lowest BCUT2D eigenvalue weighted by Crippen LogP contribution is -2.51. The van der Waals surface area contributed by atoms with E-state index < -0.39 is 28.5 Å². The van der Waals surface area contributed by atoms with Crippen LogP contribution in [0.4, 0.5) is 5.69 Å². The van der Waals surface area contributed by atoms with Gasteiger partial charge < -0.3 is 10.2 Å². The van der Waals surface area contributed by atoms with Crippen molar-refractivity contribution in [2.24, 2.45) is 5.92 Å². The highest BCUT2D eigenvalue weighted by molar-refractivity contribution is 7.92. The van der Waals surface area contributed by atoms with Crippen molar-refractivity contribution in [3.05, 3.63) is 93.0 Å². The molecule has 0 aliphatic heterocycles. The van der Waals surface area contributed by atoms with Crippen LogP contribution in [0.2, 0.25) is 10.0 Å². The maximum absolute atomic E-state index is 14.1. The van der Waals surface area contributed by atoms with E-state index in [4.69, 9.17) is 23.2 Å². The topological polar surface area (TPSA) is 86.8 Å². The molecular weight excluding hydrogens is 581 g/mol. The number of carbonyl (C=O) groups is 2. The van der Waals surface area contributed by atoms with Gasteiger partial charge in [0.15, 0.2) is 0 Å². The van der Waals surface area contributed by atoms with Crippen molar-refractivity contribution in [2.45, 2.75) is 59.0 Å². The van der Waals surface area contributed by atoms with Gasteiger partial charge in [-0.2, -0.15) is 0 Å². The number of halogens is 2. The average Bonchev–Trinajstić information content (AvgIpc) is 2.91. The lowest BCUT2D eigenvalue weighted by molar-refractivity contribution is -0.139. The number of anilines is 1. The van der Waals surface area contributed by atoms with Gasteiger partial charge >= 0.3 is 0 Å². The van der Waals surface area contributed by atoms with Gasteiger partial charge in [-0.05, 0) is 80.6 Å². The second-order valence-corrected chi connectivity index (χ2v) is 13.3. The molecule has 3 aromatic carbocycles. The Bertz CT molecular complexity index is 1510. The summed E-state index contributed by atoms with van der Waals surface area (Å²) in [6, 6.07) is 15.8. The summed E-state index contributed by atoms with van der Waals surface area (Å²) in [6.07, 6.45) is 0. The lowest BCUT2D eigenvalue weighted by Gasteiger charge is -2.33. The normalized spacial score (nSPS) is 12.2. The molecule has 3 rings (SSSR count). The van der Waals surface area contributed by atoms with Crippen LogP contribution in [0, 0.1) is 26.7 Å². The number of amides is 2. The molecule has 220 valence electrons. The molecule has 0 bridgehead atoms. The van der Waals surface area contributed by atoms with Crippen LogP contribution in [-0.2, 0) is 26.2 Å². The predicted molar refractivity (Wildman–Crippen MR) is 166 cm³/mol. The summed E-state index contributed by atoms with van der Waals surface area (Å²) in [5.74, 6) is -0.697. The number of rotatable bonds is 11. The molecular formula is C31H37Cl2N3O4S. The average molecular weight is 619 g/mol. The number of carbonyl (C=O) groups excluding carboxylic acids is 2. The van der Waals surface area contributed by atoms with Crippen LogP contribution in [0.1, 0.15) is 43.0 Å². The minimum atomic E-state index is -4.15. The van der Waals surface area contributed by atoms with Gasteiger partial charge in [-0.1, -0.05) is 72.9 Å². The molecule has 10 heteroatoms. The summed E-state index contributed by atoms with van der Waals surface area (Å²) in [7, 11) is -4.15. The van der Waals surface area contributed by atoms with E-state index in [1.807, 2.05) is 40.7 Å². The molecule has 0 aromatic heterocycles. The van der Waals surface area contributed by atoms with Crippen LogP contribution < -0.4 is 9.62 Å². The summed E-state index contributed by atoms with van der Waals surface area (Å²) in [5, 5.41) is 3.64. The first-order chi connectivity index (χ1) is 19.2. The van der Waals surface area contributed by atoms with Crippen molar-refractivity contribution in [1.29, 1.82) is 0 Å². The molecule has 7 nitrogen and oxygen atoms in total. The number of hydrogen-bond acceptors (Lipinski definition) is 4. The quantitative estimate of drug-likeness (QED) is 0.273. The molecule has 41 heavy (non-hydrogen) atoms. The molecule has 1 N–H and O–H groups in total. The number of nitrogens with one attached hydrogen (secondary N) is 1. The van der Waals surface area contributed by atoms with Gasteiger partial charge in [0.05, 0.1) is 10.6 Å². The summed E-state index contributed by atoms with van der Waals surface area (Å²) in [5.41, 5.74) is 3.48. The molecule has 1 atom stereocenters. The van der Waals surface area contributed by atoms with E-state index in [9.17, 15) is 18.0 Å².